The second-order valence-electron chi connectivity index (χ2n) is 8.65. The smallest absolute Gasteiger partial charge is 0.407 e. The van der Waals surface area contributed by atoms with E-state index in [-0.39, 0.29) is 38.9 Å². The number of carbonyl (C=O) groups excluding carboxylic acids is 2. The molecule has 2 unspecified atom stereocenters. The zero-order chi connectivity index (χ0) is 24.9. The van der Waals surface area contributed by atoms with Gasteiger partial charge in [0, 0.05) is 19.6 Å². The summed E-state index contributed by atoms with van der Waals surface area (Å²) in [7, 11) is 1.43. The molecule has 0 aromatic heterocycles. The van der Waals surface area contributed by atoms with E-state index < -0.39 is 36.0 Å². The van der Waals surface area contributed by atoms with Crippen molar-refractivity contribution in [3.05, 3.63) is 59.7 Å². The van der Waals surface area contributed by atoms with Crippen LogP contribution in [0.3, 0.4) is 0 Å². The summed E-state index contributed by atoms with van der Waals surface area (Å²) in [6.45, 7) is 2.23. The number of carboxylic acids is 1. The Labute approximate surface area is 204 Å². The Hall–Kier alpha value is -3.43. The third kappa shape index (κ3) is 5.01. The monoisotopic (exact) mass is 482 g/mol. The van der Waals surface area contributed by atoms with Crippen LogP contribution in [-0.4, -0.2) is 80.1 Å². The van der Waals surface area contributed by atoms with Gasteiger partial charge in [0.1, 0.15) is 18.6 Å². The molecule has 3 atom stereocenters. The first-order valence-electron chi connectivity index (χ1n) is 11.7. The molecular weight excluding hydrogens is 452 g/mol. The Kier molecular flexibility index (Phi) is 7.67. The molecule has 0 radical (unpaired) electrons. The van der Waals surface area contributed by atoms with Crippen molar-refractivity contribution < 1.29 is 33.7 Å². The topological polar surface area (TPSA) is 114 Å². The van der Waals surface area contributed by atoms with E-state index in [1.807, 2.05) is 36.4 Å². The van der Waals surface area contributed by atoms with Gasteiger partial charge in [-0.05, 0) is 29.2 Å². The first-order chi connectivity index (χ1) is 17.0. The molecule has 0 spiro atoms. The normalized spacial score (nSPS) is 19.5. The van der Waals surface area contributed by atoms with Crippen molar-refractivity contribution in [1.82, 2.24) is 10.2 Å². The van der Waals surface area contributed by atoms with Crippen LogP contribution in [0.4, 0.5) is 4.79 Å². The number of carboxylic acid groups (broad SMARTS) is 1. The minimum absolute atomic E-state index is 0.0402. The van der Waals surface area contributed by atoms with Gasteiger partial charge in [0.05, 0.1) is 25.9 Å². The summed E-state index contributed by atoms with van der Waals surface area (Å²) in [5.41, 5.74) is 4.41. The lowest BCUT2D eigenvalue weighted by Crippen LogP contribution is -2.56. The number of nitrogens with one attached hydrogen (secondary N) is 1. The van der Waals surface area contributed by atoms with Gasteiger partial charge < -0.3 is 29.5 Å². The zero-order valence-corrected chi connectivity index (χ0v) is 19.8. The van der Waals surface area contributed by atoms with E-state index in [0.717, 1.165) is 22.3 Å². The van der Waals surface area contributed by atoms with Gasteiger partial charge in [-0.2, -0.15) is 0 Å². The molecule has 1 aliphatic carbocycles. The number of aliphatic carboxylic acids is 1. The number of methoxy groups -OCH3 is 1. The van der Waals surface area contributed by atoms with Crippen molar-refractivity contribution in [1.29, 1.82) is 0 Å². The number of hydrogen-bond donors (Lipinski definition) is 2. The van der Waals surface area contributed by atoms with Crippen LogP contribution in [0.2, 0.25) is 0 Å². The van der Waals surface area contributed by atoms with Gasteiger partial charge in [0.25, 0.3) is 0 Å². The molecule has 1 heterocycles. The molecule has 1 fully saturated rings. The van der Waals surface area contributed by atoms with E-state index in [0.29, 0.717) is 0 Å². The summed E-state index contributed by atoms with van der Waals surface area (Å²) >= 11 is 0. The molecule has 35 heavy (non-hydrogen) atoms. The van der Waals surface area contributed by atoms with Crippen molar-refractivity contribution in [2.45, 2.75) is 24.9 Å². The van der Waals surface area contributed by atoms with Gasteiger partial charge >= 0.3 is 12.1 Å². The summed E-state index contributed by atoms with van der Waals surface area (Å²) in [6.07, 6.45) is -0.740. The molecule has 1 aliphatic heterocycles. The molecular formula is C26H30N2O7. The highest BCUT2D eigenvalue weighted by molar-refractivity contribution is 5.87. The van der Waals surface area contributed by atoms with Crippen molar-refractivity contribution >= 4 is 18.0 Å². The number of benzene rings is 2. The molecule has 2 N–H and O–H groups in total. The Bertz CT molecular complexity index is 1040. The van der Waals surface area contributed by atoms with Crippen LogP contribution in [-0.2, 0) is 23.8 Å². The molecule has 9 heteroatoms. The summed E-state index contributed by atoms with van der Waals surface area (Å²) in [5, 5.41) is 12.1. The zero-order valence-electron chi connectivity index (χ0n) is 19.8. The van der Waals surface area contributed by atoms with Gasteiger partial charge in [0.2, 0.25) is 5.91 Å². The van der Waals surface area contributed by atoms with Gasteiger partial charge in [0.15, 0.2) is 0 Å². The lowest BCUT2D eigenvalue weighted by Gasteiger charge is -2.32. The lowest BCUT2D eigenvalue weighted by molar-refractivity contribution is -0.145. The number of hydrogen-bond acceptors (Lipinski definition) is 6. The van der Waals surface area contributed by atoms with E-state index in [2.05, 4.69) is 17.4 Å². The highest BCUT2D eigenvalue weighted by Gasteiger charge is 2.41. The lowest BCUT2D eigenvalue weighted by atomic mass is 9.98. The SMILES string of the molecule is CCN(C(=O)[C@H](COC)NC(=O)OCC1c2ccccc2-c2ccccc21)C1COCC1C(=O)O. The summed E-state index contributed by atoms with van der Waals surface area (Å²) < 4.78 is 16.1. The Balaban J connectivity index is 1.43. The number of amides is 2. The minimum Gasteiger partial charge on any atom is -0.481 e. The van der Waals surface area contributed by atoms with Crippen LogP contribution in [0.5, 0.6) is 0 Å². The summed E-state index contributed by atoms with van der Waals surface area (Å²) in [5.74, 6) is -2.39. The number of rotatable bonds is 9. The average Bonchev–Trinajstić information content (AvgIpc) is 3.46. The molecule has 2 aliphatic rings. The van der Waals surface area contributed by atoms with Crippen LogP contribution >= 0.6 is 0 Å². The fourth-order valence-corrected chi connectivity index (χ4v) is 4.96. The van der Waals surface area contributed by atoms with Crippen LogP contribution in [0, 0.1) is 5.92 Å². The molecule has 0 saturated carbocycles. The quantitative estimate of drug-likeness (QED) is 0.564. The highest BCUT2D eigenvalue weighted by atomic mass is 16.5. The number of ether oxygens (including phenoxy) is 3. The maximum absolute atomic E-state index is 13.3. The number of alkyl carbamates (subject to hydrolysis) is 1. The maximum Gasteiger partial charge on any atom is 0.407 e. The second-order valence-corrected chi connectivity index (χ2v) is 8.65. The molecule has 2 amide bonds. The minimum atomic E-state index is -1.02. The Morgan fingerprint density at radius 2 is 1.71 bits per heavy atom. The molecule has 186 valence electrons. The molecule has 2 aromatic carbocycles. The predicted molar refractivity (Wildman–Crippen MR) is 127 cm³/mol. The standard InChI is InChI=1S/C26H30N2O7/c1-3-28(23-15-34-12-21(23)25(30)31)24(29)22(14-33-2)27-26(32)35-13-20-18-10-6-4-8-16(18)17-9-5-7-11-19(17)20/h4-11,20-23H,3,12-15H2,1-2H3,(H,27,32)(H,30,31)/t21?,22-,23?/m0/s1. The van der Waals surface area contributed by atoms with E-state index in [1.54, 1.807) is 6.92 Å². The molecule has 2 aromatic rings. The number of carbonyl (C=O) groups is 3. The second kappa shape index (κ2) is 10.9. The van der Waals surface area contributed by atoms with E-state index in [9.17, 15) is 19.5 Å². The molecule has 4 rings (SSSR count). The summed E-state index contributed by atoms with van der Waals surface area (Å²) in [4.78, 5) is 39.0. The van der Waals surface area contributed by atoms with E-state index in [1.165, 1.54) is 12.0 Å². The fourth-order valence-electron chi connectivity index (χ4n) is 4.96. The van der Waals surface area contributed by atoms with Crippen molar-refractivity contribution in [3.63, 3.8) is 0 Å². The van der Waals surface area contributed by atoms with E-state index in [4.69, 9.17) is 14.2 Å². The van der Waals surface area contributed by atoms with Gasteiger partial charge in [-0.25, -0.2) is 4.79 Å². The average molecular weight is 483 g/mol. The maximum atomic E-state index is 13.3. The fraction of sp³-hybridized carbons (Fsp3) is 0.423. The third-order valence-corrected chi connectivity index (χ3v) is 6.66. The first-order valence-corrected chi connectivity index (χ1v) is 11.7. The van der Waals surface area contributed by atoms with Crippen molar-refractivity contribution in [2.24, 2.45) is 5.92 Å². The number of likely N-dealkylation sites (N-methyl/N-ethyl adjacent to an activating group) is 1. The van der Waals surface area contributed by atoms with Gasteiger partial charge in [-0.3, -0.25) is 9.59 Å². The molecule has 9 nitrogen and oxygen atoms in total. The van der Waals surface area contributed by atoms with Crippen molar-refractivity contribution in [3.8, 4) is 11.1 Å². The molecule has 1 saturated heterocycles. The Morgan fingerprint density at radius 3 is 2.29 bits per heavy atom. The van der Waals surface area contributed by atoms with Crippen molar-refractivity contribution in [2.75, 3.05) is 40.1 Å². The number of nitrogens with zero attached hydrogens (tertiary/aromatic N) is 1. The predicted octanol–water partition coefficient (Wildman–Crippen LogP) is 2.49. The van der Waals surface area contributed by atoms with Crippen LogP contribution in [0.15, 0.2) is 48.5 Å². The largest absolute Gasteiger partial charge is 0.481 e. The van der Waals surface area contributed by atoms with Crippen LogP contribution in [0.25, 0.3) is 11.1 Å². The highest BCUT2D eigenvalue weighted by Crippen LogP contribution is 2.44. The van der Waals surface area contributed by atoms with Gasteiger partial charge in [-0.1, -0.05) is 48.5 Å². The van der Waals surface area contributed by atoms with Gasteiger partial charge in [-0.15, -0.1) is 0 Å². The molecule has 0 bridgehead atoms. The third-order valence-electron chi connectivity index (χ3n) is 6.66. The Morgan fingerprint density at radius 1 is 1.09 bits per heavy atom. The van der Waals surface area contributed by atoms with Crippen LogP contribution < -0.4 is 5.32 Å². The van der Waals surface area contributed by atoms with E-state index >= 15 is 0 Å². The summed E-state index contributed by atoms with van der Waals surface area (Å²) in [6, 6.07) is 14.4. The first kappa shape index (κ1) is 24.7. The van der Waals surface area contributed by atoms with Crippen LogP contribution in [0.1, 0.15) is 24.0 Å². The number of fused-ring (bicyclic) bond motifs is 3.